The topological polar surface area (TPSA) is 111 Å². The van der Waals surface area contributed by atoms with Crippen LogP contribution in [0.5, 0.6) is 0 Å². The third kappa shape index (κ3) is 52.6. The predicted octanol–water partition coefficient (Wildman–Crippen LogP) is 18.1. The number of quaternary nitrogens is 1. The van der Waals surface area contributed by atoms with Crippen LogP contribution < -0.4 is 5.32 Å². The minimum Gasteiger partial charge on any atom is -0.456 e. The maximum Gasteiger partial charge on any atom is 0.472 e. The molecule has 0 aliphatic rings. The van der Waals surface area contributed by atoms with E-state index >= 15 is 0 Å². The van der Waals surface area contributed by atoms with Gasteiger partial charge in [-0.05, 0) is 83.1 Å². The lowest BCUT2D eigenvalue weighted by Gasteiger charge is -2.27. The zero-order valence-corrected chi connectivity index (χ0v) is 48.4. The van der Waals surface area contributed by atoms with Crippen LogP contribution >= 0.6 is 7.82 Å². The lowest BCUT2D eigenvalue weighted by atomic mass is 10.0. The van der Waals surface area contributed by atoms with Crippen LogP contribution in [0.3, 0.4) is 0 Å². The van der Waals surface area contributed by atoms with E-state index in [1.807, 2.05) is 33.3 Å². The number of hydrogen-bond donors (Lipinski definition) is 2. The molecule has 0 aromatic heterocycles. The number of esters is 1. The Morgan fingerprint density at radius 2 is 0.901 bits per heavy atom. The van der Waals surface area contributed by atoms with Gasteiger partial charge in [0.2, 0.25) is 5.91 Å². The molecule has 71 heavy (non-hydrogen) atoms. The minimum absolute atomic E-state index is 0.0384. The van der Waals surface area contributed by atoms with Crippen molar-refractivity contribution in [1.82, 2.24) is 5.32 Å². The third-order valence-corrected chi connectivity index (χ3v) is 14.2. The highest BCUT2D eigenvalue weighted by molar-refractivity contribution is 7.47. The van der Waals surface area contributed by atoms with E-state index in [1.54, 1.807) is 0 Å². The molecule has 0 saturated heterocycles. The first-order valence-electron chi connectivity index (χ1n) is 30.0. The molecule has 0 aliphatic heterocycles. The Morgan fingerprint density at radius 1 is 0.507 bits per heavy atom. The average molecular weight is 1020 g/mol. The van der Waals surface area contributed by atoms with Gasteiger partial charge in [-0.15, -0.1) is 0 Å². The molecule has 1 amide bonds. The van der Waals surface area contributed by atoms with E-state index in [1.165, 1.54) is 161 Å². The summed E-state index contributed by atoms with van der Waals surface area (Å²) in [6.07, 6.45) is 62.5. The molecule has 3 atom stereocenters. The highest BCUT2D eigenvalue weighted by Gasteiger charge is 2.30. The fourth-order valence-corrected chi connectivity index (χ4v) is 9.36. The quantitative estimate of drug-likeness (QED) is 0.0205. The second-order valence-corrected chi connectivity index (χ2v) is 22.9. The Bertz CT molecular complexity index is 1360. The van der Waals surface area contributed by atoms with Crippen molar-refractivity contribution in [2.45, 2.75) is 290 Å². The van der Waals surface area contributed by atoms with E-state index < -0.39 is 20.0 Å². The molecular weight excluding hydrogens is 904 g/mol. The number of amides is 1. The van der Waals surface area contributed by atoms with E-state index in [2.05, 4.69) is 62.5 Å². The normalized spacial score (nSPS) is 14.1. The number of ether oxygens (including phenoxy) is 1. The summed E-state index contributed by atoms with van der Waals surface area (Å²) in [5.74, 6) is -0.511. The molecular formula is C61H116N2O7P+. The summed E-state index contributed by atoms with van der Waals surface area (Å²) in [4.78, 5) is 37.6. The van der Waals surface area contributed by atoms with Gasteiger partial charge in [-0.3, -0.25) is 18.6 Å². The van der Waals surface area contributed by atoms with Crippen molar-refractivity contribution in [3.8, 4) is 0 Å². The van der Waals surface area contributed by atoms with Crippen LogP contribution in [-0.2, 0) is 27.9 Å². The Balaban J connectivity index is 5.27. The Kier molecular flexibility index (Phi) is 50.0. The van der Waals surface area contributed by atoms with Crippen molar-refractivity contribution in [1.29, 1.82) is 0 Å². The molecule has 0 heterocycles. The van der Waals surface area contributed by atoms with Crippen molar-refractivity contribution < 1.29 is 37.3 Å². The van der Waals surface area contributed by atoms with Crippen LogP contribution in [0.1, 0.15) is 278 Å². The Hall–Kier alpha value is -2.03. The summed E-state index contributed by atoms with van der Waals surface area (Å²) in [5, 5.41) is 3.05. The van der Waals surface area contributed by atoms with Crippen molar-refractivity contribution in [2.24, 2.45) is 0 Å². The molecule has 0 aromatic rings. The molecule has 3 unspecified atom stereocenters. The zero-order chi connectivity index (χ0) is 52.2. The molecule has 0 radical (unpaired) electrons. The van der Waals surface area contributed by atoms with Crippen molar-refractivity contribution in [2.75, 3.05) is 40.9 Å². The standard InChI is InChI=1S/C61H115N2O7P/c1-7-10-13-16-19-22-25-28-30-31-32-33-34-36-39-42-45-48-51-54-61(65)70-59(52-49-46-43-40-37-27-24-21-18-15-12-9-3)58(57-69-71(66,67)68-56-55-63(4,5)6)62-60(64)53-50-47-44-41-38-35-29-26-23-20-17-14-11-8-2/h11,14,20,23,28,30,49,52,58-59H,7-10,12-13,15-19,21-22,24-27,29,31-48,50-51,53-57H2,1-6H3,(H-,62,64,66,67)/p+1/b14-11+,23-20+,30-28+,52-49+. The molecule has 0 saturated carbocycles. The summed E-state index contributed by atoms with van der Waals surface area (Å²) >= 11 is 0. The largest absolute Gasteiger partial charge is 0.472 e. The maximum atomic E-state index is 13.5. The lowest BCUT2D eigenvalue weighted by molar-refractivity contribution is -0.870. The fourth-order valence-electron chi connectivity index (χ4n) is 8.62. The highest BCUT2D eigenvalue weighted by atomic mass is 31.2. The predicted molar refractivity (Wildman–Crippen MR) is 305 cm³/mol. The monoisotopic (exact) mass is 1020 g/mol. The van der Waals surface area contributed by atoms with Gasteiger partial charge in [-0.25, -0.2) is 4.57 Å². The van der Waals surface area contributed by atoms with E-state index in [-0.39, 0.29) is 31.5 Å². The summed E-state index contributed by atoms with van der Waals surface area (Å²) in [6, 6.07) is -0.851. The summed E-state index contributed by atoms with van der Waals surface area (Å²) in [7, 11) is 1.49. The van der Waals surface area contributed by atoms with Gasteiger partial charge in [0.05, 0.1) is 33.8 Å². The van der Waals surface area contributed by atoms with Crippen molar-refractivity contribution >= 4 is 19.7 Å². The van der Waals surface area contributed by atoms with Crippen LogP contribution in [0, 0.1) is 0 Å². The number of nitrogens with zero attached hydrogens (tertiary/aromatic N) is 1. The van der Waals surface area contributed by atoms with Crippen LogP contribution in [0.2, 0.25) is 0 Å². The van der Waals surface area contributed by atoms with Crippen LogP contribution in [0.4, 0.5) is 0 Å². The van der Waals surface area contributed by atoms with E-state index in [9.17, 15) is 19.0 Å². The second kappa shape index (κ2) is 51.5. The number of carbonyl (C=O) groups is 2. The SMILES string of the molecule is CC/C=C/C/C=C/CCCCCCCCCC(=O)NC(COP(=O)(O)OCC[N+](C)(C)C)C(/C=C/CCCCCCCCCCCC)OC(=O)CCCCCCCCCCC/C=C/CCCCCCCC. The smallest absolute Gasteiger partial charge is 0.456 e. The average Bonchev–Trinajstić information content (AvgIpc) is 3.33. The Labute approximate surface area is 439 Å². The molecule has 0 rings (SSSR count). The summed E-state index contributed by atoms with van der Waals surface area (Å²) < 4.78 is 30.6. The number of rotatable bonds is 54. The van der Waals surface area contributed by atoms with E-state index in [4.69, 9.17) is 13.8 Å². The number of phosphoric ester groups is 1. The van der Waals surface area contributed by atoms with Gasteiger partial charge in [0.1, 0.15) is 19.3 Å². The second-order valence-electron chi connectivity index (χ2n) is 21.5. The van der Waals surface area contributed by atoms with Crippen LogP contribution in [0.25, 0.3) is 0 Å². The van der Waals surface area contributed by atoms with Gasteiger partial charge < -0.3 is 19.4 Å². The number of hydrogen-bond acceptors (Lipinski definition) is 6. The third-order valence-electron chi connectivity index (χ3n) is 13.3. The van der Waals surface area contributed by atoms with Gasteiger partial charge in [0.25, 0.3) is 0 Å². The fraction of sp³-hybridized carbons (Fsp3) is 0.836. The molecule has 0 fully saturated rings. The number of carbonyl (C=O) groups excluding carboxylic acids is 2. The van der Waals surface area contributed by atoms with Crippen molar-refractivity contribution in [3.05, 3.63) is 48.6 Å². The number of nitrogens with one attached hydrogen (secondary N) is 1. The van der Waals surface area contributed by atoms with Gasteiger partial charge >= 0.3 is 13.8 Å². The summed E-state index contributed by atoms with van der Waals surface area (Å²) in [6.45, 7) is 6.91. The van der Waals surface area contributed by atoms with E-state index in [0.717, 1.165) is 83.5 Å². The molecule has 0 spiro atoms. The van der Waals surface area contributed by atoms with Crippen LogP contribution in [-0.4, -0.2) is 74.3 Å². The van der Waals surface area contributed by atoms with E-state index in [0.29, 0.717) is 17.4 Å². The number of phosphoric acid groups is 1. The highest BCUT2D eigenvalue weighted by Crippen LogP contribution is 2.43. The first-order chi connectivity index (χ1) is 34.4. The molecule has 416 valence electrons. The maximum absolute atomic E-state index is 13.5. The molecule has 10 heteroatoms. The first kappa shape index (κ1) is 69.0. The first-order valence-corrected chi connectivity index (χ1v) is 31.5. The molecule has 9 nitrogen and oxygen atoms in total. The molecule has 2 N–H and O–H groups in total. The Morgan fingerprint density at radius 3 is 1.35 bits per heavy atom. The van der Waals surface area contributed by atoms with Crippen LogP contribution in [0.15, 0.2) is 48.6 Å². The molecule has 0 bridgehead atoms. The molecule has 0 aliphatic carbocycles. The van der Waals surface area contributed by atoms with Gasteiger partial charge in [-0.1, -0.05) is 230 Å². The molecule has 0 aromatic carbocycles. The zero-order valence-electron chi connectivity index (χ0n) is 47.5. The number of allylic oxidation sites excluding steroid dienone is 7. The van der Waals surface area contributed by atoms with Gasteiger partial charge in [-0.2, -0.15) is 0 Å². The number of likely N-dealkylation sites (N-methyl/N-ethyl adjacent to an activating group) is 1. The number of unbranched alkanes of at least 4 members (excludes halogenated alkanes) is 32. The van der Waals surface area contributed by atoms with Gasteiger partial charge in [0.15, 0.2) is 0 Å². The summed E-state index contributed by atoms with van der Waals surface area (Å²) in [5.41, 5.74) is 0. The van der Waals surface area contributed by atoms with Gasteiger partial charge in [0, 0.05) is 12.8 Å². The minimum atomic E-state index is -4.45. The lowest BCUT2D eigenvalue weighted by Crippen LogP contribution is -2.47. The van der Waals surface area contributed by atoms with Crippen molar-refractivity contribution in [3.63, 3.8) is 0 Å².